The third-order valence-corrected chi connectivity index (χ3v) is 8.47. The van der Waals surface area contributed by atoms with Crippen LogP contribution in [0, 0.1) is 11.2 Å². The van der Waals surface area contributed by atoms with Crippen LogP contribution in [-0.2, 0) is 14.4 Å². The average molecular weight is 709 g/mol. The van der Waals surface area contributed by atoms with E-state index >= 15 is 4.39 Å². The number of anilines is 2. The summed E-state index contributed by atoms with van der Waals surface area (Å²) in [6, 6.07) is 15.4. The molecule has 1 saturated carbocycles. The largest absolute Gasteiger partial charge is 0.493 e. The molecule has 4 aromatic rings. The van der Waals surface area contributed by atoms with Crippen molar-refractivity contribution in [2.75, 3.05) is 44.0 Å². The number of amides is 2. The van der Waals surface area contributed by atoms with Crippen molar-refractivity contribution in [3.63, 3.8) is 0 Å². The number of halogens is 2. The number of nitrogens with one attached hydrogen (secondary N) is 2. The van der Waals surface area contributed by atoms with Crippen molar-refractivity contribution in [1.29, 1.82) is 0 Å². The van der Waals surface area contributed by atoms with Gasteiger partial charge in [-0.3, -0.25) is 19.4 Å². The Kier molecular flexibility index (Phi) is 13.4. The first kappa shape index (κ1) is 37.9. The third kappa shape index (κ3) is 9.82. The van der Waals surface area contributed by atoms with Crippen LogP contribution < -0.4 is 24.8 Å². The van der Waals surface area contributed by atoms with Gasteiger partial charge in [0, 0.05) is 46.5 Å². The molecule has 0 atom stereocenters. The van der Waals surface area contributed by atoms with Crippen LogP contribution in [0.1, 0.15) is 46.5 Å². The molecule has 0 bridgehead atoms. The van der Waals surface area contributed by atoms with Gasteiger partial charge >= 0.3 is 5.97 Å². The number of hydrogen-bond acceptors (Lipinski definition) is 8. The molecule has 13 heteroatoms. The molecule has 1 aliphatic rings. The predicted octanol–water partition coefficient (Wildman–Crippen LogP) is 7.78. The molecular weight excluding hydrogens is 667 g/mol. The van der Waals surface area contributed by atoms with Crippen molar-refractivity contribution in [2.45, 2.75) is 46.5 Å². The minimum absolute atomic E-state index is 0.0274. The van der Waals surface area contributed by atoms with Crippen LogP contribution >= 0.6 is 11.6 Å². The van der Waals surface area contributed by atoms with Crippen molar-refractivity contribution >= 4 is 51.7 Å². The van der Waals surface area contributed by atoms with Gasteiger partial charge in [0.15, 0.2) is 23.1 Å². The van der Waals surface area contributed by atoms with E-state index in [1.165, 1.54) is 45.1 Å². The number of methoxy groups -OCH3 is 1. The quantitative estimate of drug-likeness (QED) is 0.0835. The summed E-state index contributed by atoms with van der Waals surface area (Å²) in [6.45, 7) is 10.3. The second kappa shape index (κ2) is 17.6. The molecular formula is C37H42ClFN4O7. The van der Waals surface area contributed by atoms with E-state index in [-0.39, 0.29) is 24.5 Å². The molecule has 266 valence electrons. The normalized spacial score (nSPS) is 12.8. The van der Waals surface area contributed by atoms with Crippen molar-refractivity contribution in [3.05, 3.63) is 77.7 Å². The maximum Gasteiger partial charge on any atom is 0.303 e. The number of aliphatic carboxylic acids is 1. The second-order valence-electron chi connectivity index (χ2n) is 11.5. The molecule has 0 radical (unpaired) electrons. The third-order valence-electron chi connectivity index (χ3n) is 8.23. The van der Waals surface area contributed by atoms with Crippen LogP contribution in [0.4, 0.5) is 15.8 Å². The van der Waals surface area contributed by atoms with Crippen LogP contribution in [0.2, 0.25) is 5.02 Å². The number of nitrogens with zero attached hydrogens (tertiary/aromatic N) is 2. The summed E-state index contributed by atoms with van der Waals surface area (Å²) >= 11 is 5.98. The average Bonchev–Trinajstić information content (AvgIpc) is 3.91. The Hall–Kier alpha value is -4.94. The summed E-state index contributed by atoms with van der Waals surface area (Å²) in [4.78, 5) is 43.4. The fraction of sp³-hybridized carbons (Fsp3) is 0.351. The first-order valence-corrected chi connectivity index (χ1v) is 16.8. The lowest BCUT2D eigenvalue weighted by Gasteiger charge is -2.16. The van der Waals surface area contributed by atoms with E-state index in [0.717, 1.165) is 6.07 Å². The van der Waals surface area contributed by atoms with Gasteiger partial charge in [-0.1, -0.05) is 38.4 Å². The molecule has 11 nitrogen and oxygen atoms in total. The Morgan fingerprint density at radius 3 is 2.14 bits per heavy atom. The second-order valence-corrected chi connectivity index (χ2v) is 12.0. The number of pyridine rings is 1. The standard InChI is InChI=1S/C31H27ClFN3O7.C6H15N/c1-41-26-16-21-23(17-27(26)42-13-3-6-28(37)38)34-12-9-24(21)43-25-8-7-20(15-22(25)33)36-30(40)31(10-11-31)29(39)35-19-5-2-4-18(32)14-19;1-4-7(5-2)6-3/h2,4-5,7-9,12,14-17H,3,6,10-11,13H2,1H3,(H,35,39)(H,36,40)(H,37,38);4-6H2,1-3H3. The van der Waals surface area contributed by atoms with Crippen molar-refractivity contribution in [1.82, 2.24) is 9.88 Å². The number of hydrogen-bond donors (Lipinski definition) is 3. The van der Waals surface area contributed by atoms with Crippen molar-refractivity contribution < 1.29 is 38.1 Å². The zero-order chi connectivity index (χ0) is 36.3. The minimum atomic E-state index is -1.25. The van der Waals surface area contributed by atoms with Crippen molar-refractivity contribution in [2.24, 2.45) is 5.41 Å². The topological polar surface area (TPSA) is 139 Å². The summed E-state index contributed by atoms with van der Waals surface area (Å²) in [5, 5.41) is 15.2. The maximum absolute atomic E-state index is 15.2. The van der Waals surface area contributed by atoms with E-state index in [0.29, 0.717) is 58.1 Å². The fourth-order valence-corrected chi connectivity index (χ4v) is 5.29. The van der Waals surface area contributed by atoms with Crippen LogP contribution in [0.25, 0.3) is 10.9 Å². The van der Waals surface area contributed by atoms with E-state index in [9.17, 15) is 14.4 Å². The van der Waals surface area contributed by atoms with E-state index < -0.39 is 29.0 Å². The molecule has 0 aliphatic heterocycles. The molecule has 0 spiro atoms. The lowest BCUT2D eigenvalue weighted by Crippen LogP contribution is -2.35. The zero-order valence-corrected chi connectivity index (χ0v) is 29.3. The molecule has 1 aliphatic carbocycles. The molecule has 3 N–H and O–H groups in total. The van der Waals surface area contributed by atoms with Crippen LogP contribution in [0.15, 0.2) is 66.9 Å². The summed E-state index contributed by atoms with van der Waals surface area (Å²) in [5.41, 5.74) is -0.115. The van der Waals surface area contributed by atoms with Gasteiger partial charge in [-0.2, -0.15) is 0 Å². The Labute approximate surface area is 295 Å². The molecule has 1 fully saturated rings. The molecule has 1 heterocycles. The van der Waals surface area contributed by atoms with Gasteiger partial charge in [-0.25, -0.2) is 4.39 Å². The summed E-state index contributed by atoms with van der Waals surface area (Å²) < 4.78 is 32.1. The minimum Gasteiger partial charge on any atom is -0.493 e. The molecule has 50 heavy (non-hydrogen) atoms. The highest BCUT2D eigenvalue weighted by molar-refractivity contribution is 6.31. The van der Waals surface area contributed by atoms with Crippen LogP contribution in [0.3, 0.4) is 0 Å². The van der Waals surface area contributed by atoms with Gasteiger partial charge in [-0.15, -0.1) is 0 Å². The van der Waals surface area contributed by atoms with E-state index in [2.05, 4.69) is 41.3 Å². The number of carboxylic acids is 1. The molecule has 1 aromatic heterocycles. The SMILES string of the molecule is CCN(CC)CC.COc1cc2c(Oc3ccc(NC(=O)C4(C(=O)Nc5cccc(Cl)c5)CC4)cc3F)ccnc2cc1OCCCC(=O)O. The number of fused-ring (bicyclic) bond motifs is 1. The maximum atomic E-state index is 15.2. The number of benzene rings is 3. The van der Waals surface area contributed by atoms with E-state index in [1.54, 1.807) is 42.5 Å². The number of carbonyl (C=O) groups is 3. The monoisotopic (exact) mass is 708 g/mol. The molecule has 0 unspecified atom stereocenters. The van der Waals surface area contributed by atoms with Gasteiger partial charge in [0.25, 0.3) is 0 Å². The van der Waals surface area contributed by atoms with Crippen LogP contribution in [0.5, 0.6) is 23.0 Å². The number of aromatic nitrogens is 1. The first-order chi connectivity index (χ1) is 24.0. The highest BCUT2D eigenvalue weighted by Crippen LogP contribution is 2.48. The Balaban J connectivity index is 0.000000727. The van der Waals surface area contributed by atoms with E-state index in [4.69, 9.17) is 30.9 Å². The highest BCUT2D eigenvalue weighted by atomic mass is 35.5. The summed E-state index contributed by atoms with van der Waals surface area (Å²) in [5.74, 6) is -1.69. The molecule has 5 rings (SSSR count). The lowest BCUT2D eigenvalue weighted by molar-refractivity contribution is -0.137. The summed E-state index contributed by atoms with van der Waals surface area (Å²) in [6.07, 6.45) is 2.51. The Morgan fingerprint density at radius 2 is 1.58 bits per heavy atom. The summed E-state index contributed by atoms with van der Waals surface area (Å²) in [7, 11) is 1.46. The van der Waals surface area contributed by atoms with Gasteiger partial charge in [0.1, 0.15) is 11.2 Å². The predicted molar refractivity (Wildman–Crippen MR) is 191 cm³/mol. The zero-order valence-electron chi connectivity index (χ0n) is 28.6. The number of rotatable bonds is 15. The van der Waals surface area contributed by atoms with Gasteiger partial charge in [-0.05, 0) is 81.4 Å². The first-order valence-electron chi connectivity index (χ1n) is 16.4. The van der Waals surface area contributed by atoms with E-state index in [1.807, 2.05) is 0 Å². The van der Waals surface area contributed by atoms with Gasteiger partial charge in [0.05, 0.1) is 19.2 Å². The fourth-order valence-electron chi connectivity index (χ4n) is 5.10. The van der Waals surface area contributed by atoms with Gasteiger partial charge in [0.2, 0.25) is 11.8 Å². The number of carboxylic acid groups (broad SMARTS) is 1. The lowest BCUT2D eigenvalue weighted by atomic mass is 10.0. The molecule has 0 saturated heterocycles. The van der Waals surface area contributed by atoms with Crippen LogP contribution in [-0.4, -0.2) is 66.1 Å². The highest BCUT2D eigenvalue weighted by Gasteiger charge is 2.56. The number of ether oxygens (including phenoxy) is 3. The smallest absolute Gasteiger partial charge is 0.303 e. The Morgan fingerprint density at radius 1 is 0.900 bits per heavy atom. The van der Waals surface area contributed by atoms with Gasteiger partial charge < -0.3 is 34.9 Å². The molecule has 2 amide bonds. The Bertz CT molecular complexity index is 1810. The number of carbonyl (C=O) groups excluding carboxylic acids is 2. The van der Waals surface area contributed by atoms with Crippen molar-refractivity contribution in [3.8, 4) is 23.0 Å². The molecule has 3 aromatic carbocycles.